The number of aryl methyl sites for hydroxylation is 1. The first-order valence-electron chi connectivity index (χ1n) is 11.7. The van der Waals surface area contributed by atoms with E-state index in [1.165, 1.54) is 42.5 Å². The Hall–Kier alpha value is -3.26. The molecule has 1 aliphatic heterocycles. The number of carboxylic acids is 2. The third-order valence-corrected chi connectivity index (χ3v) is 6.10. The van der Waals surface area contributed by atoms with Crippen LogP contribution in [0.4, 0.5) is 10.2 Å². The number of rotatable bonds is 4. The number of fused-ring (bicyclic) bond motifs is 1. The van der Waals surface area contributed by atoms with Crippen molar-refractivity contribution in [2.24, 2.45) is 0 Å². The zero-order chi connectivity index (χ0) is 24.5. The number of anilines is 1. The van der Waals surface area contributed by atoms with Crippen molar-refractivity contribution < 1.29 is 24.2 Å². The summed E-state index contributed by atoms with van der Waals surface area (Å²) in [4.78, 5) is 29.0. The van der Waals surface area contributed by atoms with Gasteiger partial charge in [-0.3, -0.25) is 0 Å². The van der Waals surface area contributed by atoms with Crippen LogP contribution in [0.25, 0.3) is 11.1 Å². The molecule has 0 unspecified atom stereocenters. The second kappa shape index (κ2) is 12.3. The Kier molecular flexibility index (Phi) is 9.16. The monoisotopic (exact) mass is 469 g/mol. The summed E-state index contributed by atoms with van der Waals surface area (Å²) in [6.45, 7) is 4.29. The summed E-state index contributed by atoms with van der Waals surface area (Å²) < 4.78 is 13.4. The molecule has 1 aromatic heterocycles. The summed E-state index contributed by atoms with van der Waals surface area (Å²) >= 11 is 0. The van der Waals surface area contributed by atoms with Crippen molar-refractivity contribution in [1.29, 1.82) is 0 Å². The highest BCUT2D eigenvalue weighted by atomic mass is 19.1. The summed E-state index contributed by atoms with van der Waals surface area (Å²) in [5.41, 5.74) is 5.01. The predicted molar refractivity (Wildman–Crippen MR) is 130 cm³/mol. The second-order valence-corrected chi connectivity index (χ2v) is 8.67. The smallest absolute Gasteiger partial charge is 0.328 e. The fourth-order valence-electron chi connectivity index (χ4n) is 4.33. The molecule has 0 amide bonds. The lowest BCUT2D eigenvalue weighted by Crippen LogP contribution is -2.29. The van der Waals surface area contributed by atoms with Crippen molar-refractivity contribution in [3.63, 3.8) is 0 Å². The third kappa shape index (κ3) is 7.38. The van der Waals surface area contributed by atoms with Crippen LogP contribution in [0.2, 0.25) is 0 Å². The van der Waals surface area contributed by atoms with Crippen molar-refractivity contribution in [2.75, 3.05) is 38.1 Å². The molecule has 34 heavy (non-hydrogen) atoms. The van der Waals surface area contributed by atoms with Gasteiger partial charge < -0.3 is 20.0 Å². The Bertz CT molecular complexity index is 1010. The molecule has 0 saturated carbocycles. The number of likely N-dealkylation sites (N-methyl/N-ethyl adjacent to an activating group) is 1. The highest BCUT2D eigenvalue weighted by Gasteiger charge is 2.20. The van der Waals surface area contributed by atoms with Crippen LogP contribution in [-0.2, 0) is 22.4 Å². The molecule has 2 heterocycles. The number of halogens is 1. The molecule has 7 nitrogen and oxygen atoms in total. The van der Waals surface area contributed by atoms with E-state index in [1.807, 2.05) is 12.1 Å². The molecule has 182 valence electrons. The van der Waals surface area contributed by atoms with E-state index in [-0.39, 0.29) is 5.82 Å². The number of hydrogen-bond donors (Lipinski definition) is 2. The standard InChI is InChI=1S/C22H28FN3.C4H4O4/c1-25-12-5-13-26(15-14-25)22-16-20(17-8-10-18(23)11-9-17)19-6-3-2-4-7-21(19)24-22;5-3(6)1-2-4(7)8/h8-11,16H,2-7,12-15H2,1H3;1-2H,(H,5,6)(H,7,8)/b;2-1-. The zero-order valence-corrected chi connectivity index (χ0v) is 19.5. The van der Waals surface area contributed by atoms with Crippen molar-refractivity contribution in [3.8, 4) is 11.1 Å². The van der Waals surface area contributed by atoms with Crippen LogP contribution in [0.15, 0.2) is 42.5 Å². The minimum Gasteiger partial charge on any atom is -0.478 e. The summed E-state index contributed by atoms with van der Waals surface area (Å²) in [5.74, 6) is -1.59. The molecular weight excluding hydrogens is 437 g/mol. The van der Waals surface area contributed by atoms with Crippen molar-refractivity contribution in [2.45, 2.75) is 38.5 Å². The topological polar surface area (TPSA) is 94.0 Å². The van der Waals surface area contributed by atoms with E-state index in [9.17, 15) is 14.0 Å². The minimum atomic E-state index is -1.26. The van der Waals surface area contributed by atoms with Gasteiger partial charge in [-0.25, -0.2) is 19.0 Å². The van der Waals surface area contributed by atoms with E-state index in [2.05, 4.69) is 22.9 Å². The quantitative estimate of drug-likeness (QED) is 0.516. The Labute approximate surface area is 199 Å². The van der Waals surface area contributed by atoms with Crippen LogP contribution in [-0.4, -0.2) is 65.3 Å². The van der Waals surface area contributed by atoms with Gasteiger partial charge in [-0.05, 0) is 80.6 Å². The van der Waals surface area contributed by atoms with Gasteiger partial charge in [0.1, 0.15) is 11.6 Å². The van der Waals surface area contributed by atoms with Gasteiger partial charge in [-0.1, -0.05) is 18.6 Å². The van der Waals surface area contributed by atoms with E-state index < -0.39 is 11.9 Å². The summed E-state index contributed by atoms with van der Waals surface area (Å²) in [6, 6.07) is 9.22. The van der Waals surface area contributed by atoms with Gasteiger partial charge in [0.2, 0.25) is 0 Å². The van der Waals surface area contributed by atoms with Crippen molar-refractivity contribution in [3.05, 3.63) is 59.6 Å². The van der Waals surface area contributed by atoms with Crippen molar-refractivity contribution in [1.82, 2.24) is 9.88 Å². The number of carbonyl (C=O) groups is 2. The lowest BCUT2D eigenvalue weighted by atomic mass is 9.95. The molecule has 4 rings (SSSR count). The maximum absolute atomic E-state index is 13.4. The zero-order valence-electron chi connectivity index (χ0n) is 19.5. The van der Waals surface area contributed by atoms with Gasteiger partial charge in [0, 0.05) is 37.5 Å². The fraction of sp³-hybridized carbons (Fsp3) is 0.423. The molecule has 2 aromatic rings. The van der Waals surface area contributed by atoms with Gasteiger partial charge in [0.15, 0.2) is 0 Å². The van der Waals surface area contributed by atoms with Crippen LogP contribution in [0, 0.1) is 5.82 Å². The molecule has 0 atom stereocenters. The minimum absolute atomic E-state index is 0.176. The first-order chi connectivity index (χ1) is 16.3. The summed E-state index contributed by atoms with van der Waals surface area (Å²) in [6.07, 6.45) is 8.13. The summed E-state index contributed by atoms with van der Waals surface area (Å²) in [5, 5.41) is 15.6. The number of aliphatic carboxylic acids is 2. The number of benzene rings is 1. The van der Waals surface area contributed by atoms with E-state index in [0.29, 0.717) is 12.2 Å². The highest BCUT2D eigenvalue weighted by Crippen LogP contribution is 2.33. The molecule has 1 saturated heterocycles. The third-order valence-electron chi connectivity index (χ3n) is 6.10. The van der Waals surface area contributed by atoms with Crippen molar-refractivity contribution >= 4 is 17.8 Å². The normalized spacial score (nSPS) is 16.7. The number of pyridine rings is 1. The number of carboxylic acid groups (broad SMARTS) is 2. The fourth-order valence-corrected chi connectivity index (χ4v) is 4.33. The Morgan fingerprint density at radius 1 is 0.912 bits per heavy atom. The average Bonchev–Trinajstić information content (AvgIpc) is 3.18. The first kappa shape index (κ1) is 25.4. The van der Waals surface area contributed by atoms with Gasteiger partial charge >= 0.3 is 11.9 Å². The molecule has 0 spiro atoms. The van der Waals surface area contributed by atoms with Gasteiger partial charge in [-0.15, -0.1) is 0 Å². The van der Waals surface area contributed by atoms with Crippen LogP contribution in [0.1, 0.15) is 36.9 Å². The Morgan fingerprint density at radius 2 is 1.59 bits per heavy atom. The molecule has 2 aliphatic rings. The summed E-state index contributed by atoms with van der Waals surface area (Å²) in [7, 11) is 2.19. The maximum atomic E-state index is 13.4. The highest BCUT2D eigenvalue weighted by molar-refractivity contribution is 5.89. The molecule has 1 fully saturated rings. The van der Waals surface area contributed by atoms with Gasteiger partial charge in [0.05, 0.1) is 0 Å². The van der Waals surface area contributed by atoms with Gasteiger partial charge in [0.25, 0.3) is 0 Å². The number of hydrogen-bond acceptors (Lipinski definition) is 5. The van der Waals surface area contributed by atoms with E-state index in [0.717, 1.165) is 50.4 Å². The lowest BCUT2D eigenvalue weighted by Gasteiger charge is -2.24. The Morgan fingerprint density at radius 3 is 2.26 bits per heavy atom. The van der Waals surface area contributed by atoms with Gasteiger partial charge in [-0.2, -0.15) is 0 Å². The van der Waals surface area contributed by atoms with Crippen LogP contribution in [0.3, 0.4) is 0 Å². The number of aromatic nitrogens is 1. The van der Waals surface area contributed by atoms with E-state index >= 15 is 0 Å². The molecule has 0 radical (unpaired) electrons. The number of nitrogens with zero attached hydrogens (tertiary/aromatic N) is 3. The molecule has 2 N–H and O–H groups in total. The molecule has 1 aliphatic carbocycles. The van der Waals surface area contributed by atoms with Crippen LogP contribution in [0.5, 0.6) is 0 Å². The van der Waals surface area contributed by atoms with Crippen LogP contribution < -0.4 is 4.90 Å². The maximum Gasteiger partial charge on any atom is 0.328 e. The lowest BCUT2D eigenvalue weighted by molar-refractivity contribution is -0.134. The second-order valence-electron chi connectivity index (χ2n) is 8.67. The molecular formula is C26H32FN3O4. The largest absolute Gasteiger partial charge is 0.478 e. The molecule has 1 aromatic carbocycles. The van der Waals surface area contributed by atoms with Crippen LogP contribution >= 0.6 is 0 Å². The molecule has 8 heteroatoms. The Balaban J connectivity index is 0.000000350. The molecule has 0 bridgehead atoms. The average molecular weight is 470 g/mol. The predicted octanol–water partition coefficient (Wildman–Crippen LogP) is 4.01. The first-order valence-corrected chi connectivity index (χ1v) is 11.7. The SMILES string of the molecule is CN1CCCN(c2cc(-c3ccc(F)cc3)c3c(n2)CCCCC3)CC1.O=C(O)/C=C\C(=O)O. The van der Waals surface area contributed by atoms with E-state index in [4.69, 9.17) is 15.2 Å². The van der Waals surface area contributed by atoms with E-state index in [1.54, 1.807) is 12.1 Å².